The number of sulfonamides is 1. The maximum Gasteiger partial charge on any atom is 0.336 e. The van der Waals surface area contributed by atoms with Crippen molar-refractivity contribution in [2.75, 3.05) is 5.32 Å². The van der Waals surface area contributed by atoms with Gasteiger partial charge in [-0.2, -0.15) is 0 Å². The number of hydrogen-bond acceptors (Lipinski definition) is 3. The van der Waals surface area contributed by atoms with Crippen molar-refractivity contribution in [3.63, 3.8) is 0 Å². The molecule has 1 aliphatic heterocycles. The number of carbonyl (C=O) groups is 1. The largest absolute Gasteiger partial charge is 0.336 e. The summed E-state index contributed by atoms with van der Waals surface area (Å²) in [5.74, 6) is 0. The second-order valence-corrected chi connectivity index (χ2v) is 7.46. The Bertz CT molecular complexity index is 699. The molecule has 1 N–H and O–H groups in total. The average Bonchev–Trinajstić information content (AvgIpc) is 2.40. The first-order chi connectivity index (χ1) is 9.51. The van der Waals surface area contributed by atoms with E-state index in [0.29, 0.717) is 12.1 Å². The van der Waals surface area contributed by atoms with E-state index in [-0.39, 0.29) is 4.90 Å². The Morgan fingerprint density at radius 3 is 2.80 bits per heavy atom. The molecule has 3 rings (SSSR count). The molecular formula is C13H13BrN2O3S. The van der Waals surface area contributed by atoms with E-state index < -0.39 is 22.1 Å². The fourth-order valence-corrected chi connectivity index (χ4v) is 5.02. The lowest BCUT2D eigenvalue weighted by molar-refractivity contribution is 0.226. The molecule has 0 bridgehead atoms. The van der Waals surface area contributed by atoms with E-state index in [1.165, 1.54) is 6.07 Å². The lowest BCUT2D eigenvalue weighted by atomic mass is 10.0. The highest BCUT2D eigenvalue weighted by atomic mass is 79.9. The van der Waals surface area contributed by atoms with Gasteiger partial charge in [0.2, 0.25) is 0 Å². The molecule has 5 nitrogen and oxygen atoms in total. The molecule has 106 valence electrons. The van der Waals surface area contributed by atoms with Gasteiger partial charge in [-0.1, -0.05) is 34.1 Å². The average molecular weight is 357 g/mol. The van der Waals surface area contributed by atoms with Crippen LogP contribution in [-0.2, 0) is 10.0 Å². The molecular weight excluding hydrogens is 344 g/mol. The van der Waals surface area contributed by atoms with Crippen molar-refractivity contribution in [3.8, 4) is 0 Å². The third-order valence-corrected chi connectivity index (χ3v) is 6.19. The summed E-state index contributed by atoms with van der Waals surface area (Å²) in [4.78, 5) is 12.3. The third kappa shape index (κ3) is 2.05. The van der Waals surface area contributed by atoms with E-state index in [0.717, 1.165) is 21.6 Å². The van der Waals surface area contributed by atoms with Gasteiger partial charge < -0.3 is 5.32 Å². The number of amides is 2. The van der Waals surface area contributed by atoms with Crippen molar-refractivity contribution in [1.82, 2.24) is 4.31 Å². The number of benzene rings is 1. The number of carbonyl (C=O) groups excluding carboxylic acids is 1. The quantitative estimate of drug-likeness (QED) is 0.840. The molecule has 0 saturated heterocycles. The highest BCUT2D eigenvalue weighted by Gasteiger charge is 2.42. The van der Waals surface area contributed by atoms with Crippen LogP contribution in [0.15, 0.2) is 39.7 Å². The molecule has 1 aromatic carbocycles. The summed E-state index contributed by atoms with van der Waals surface area (Å²) in [5, 5.41) is 2.64. The van der Waals surface area contributed by atoms with E-state index >= 15 is 0 Å². The smallest absolute Gasteiger partial charge is 0.306 e. The summed E-state index contributed by atoms with van der Waals surface area (Å²) in [7, 11) is -3.81. The lowest BCUT2D eigenvalue weighted by Gasteiger charge is -2.36. The topological polar surface area (TPSA) is 66.5 Å². The van der Waals surface area contributed by atoms with Crippen LogP contribution in [0.2, 0.25) is 0 Å². The van der Waals surface area contributed by atoms with Gasteiger partial charge in [0.05, 0.1) is 11.7 Å². The summed E-state index contributed by atoms with van der Waals surface area (Å²) in [6, 6.07) is 5.40. The Morgan fingerprint density at radius 2 is 2.05 bits per heavy atom. The van der Waals surface area contributed by atoms with Crippen molar-refractivity contribution in [3.05, 3.63) is 34.8 Å². The molecule has 0 radical (unpaired) electrons. The predicted octanol–water partition coefficient (Wildman–Crippen LogP) is 3.05. The van der Waals surface area contributed by atoms with Gasteiger partial charge in [0, 0.05) is 4.48 Å². The molecule has 1 aromatic rings. The van der Waals surface area contributed by atoms with Gasteiger partial charge in [-0.3, -0.25) is 0 Å². The van der Waals surface area contributed by atoms with E-state index in [9.17, 15) is 13.2 Å². The highest BCUT2D eigenvalue weighted by molar-refractivity contribution is 9.11. The first kappa shape index (κ1) is 13.6. The maximum absolute atomic E-state index is 12.7. The number of hydrogen-bond donors (Lipinski definition) is 1. The SMILES string of the molecule is O=C1Nc2ccccc2S(=O)(=O)N1C1CCCC=C1Br. The van der Waals surface area contributed by atoms with Gasteiger partial charge in [-0.15, -0.1) is 0 Å². The standard InChI is InChI=1S/C13H13BrN2O3S/c14-9-5-1-3-7-11(9)16-13(17)15-10-6-2-4-8-12(10)20(16,18)19/h2,4-6,8,11H,1,3,7H2,(H,15,17). The van der Waals surface area contributed by atoms with Crippen LogP contribution < -0.4 is 5.32 Å². The number of anilines is 1. The van der Waals surface area contributed by atoms with Gasteiger partial charge in [-0.25, -0.2) is 17.5 Å². The van der Waals surface area contributed by atoms with E-state index in [1.807, 2.05) is 6.08 Å². The Morgan fingerprint density at radius 1 is 1.30 bits per heavy atom. The van der Waals surface area contributed by atoms with Crippen molar-refractivity contribution in [2.45, 2.75) is 30.2 Å². The van der Waals surface area contributed by atoms with Crippen LogP contribution in [0.1, 0.15) is 19.3 Å². The predicted molar refractivity (Wildman–Crippen MR) is 79.1 cm³/mol. The molecule has 2 aliphatic rings. The Kier molecular flexibility index (Phi) is 3.33. The molecule has 1 aliphatic carbocycles. The number of para-hydroxylation sites is 1. The summed E-state index contributed by atoms with van der Waals surface area (Å²) >= 11 is 3.38. The molecule has 1 atom stereocenters. The van der Waals surface area contributed by atoms with Crippen LogP contribution in [0.4, 0.5) is 10.5 Å². The van der Waals surface area contributed by atoms with Gasteiger partial charge in [-0.05, 0) is 31.4 Å². The number of urea groups is 1. The van der Waals surface area contributed by atoms with Crippen LogP contribution in [0.5, 0.6) is 0 Å². The molecule has 2 amide bonds. The second-order valence-electron chi connectivity index (χ2n) is 4.76. The molecule has 0 spiro atoms. The van der Waals surface area contributed by atoms with Crippen LogP contribution in [0.3, 0.4) is 0 Å². The molecule has 0 fully saturated rings. The molecule has 20 heavy (non-hydrogen) atoms. The zero-order valence-corrected chi connectivity index (χ0v) is 12.9. The number of nitrogens with one attached hydrogen (secondary N) is 1. The van der Waals surface area contributed by atoms with Gasteiger partial charge >= 0.3 is 6.03 Å². The number of fused-ring (bicyclic) bond motifs is 1. The third-order valence-electron chi connectivity index (χ3n) is 3.49. The van der Waals surface area contributed by atoms with Gasteiger partial charge in [0.1, 0.15) is 4.90 Å². The first-order valence-electron chi connectivity index (χ1n) is 6.32. The number of rotatable bonds is 1. The molecule has 0 saturated carbocycles. The fourth-order valence-electron chi connectivity index (χ4n) is 2.54. The normalized spacial score (nSPS) is 24.6. The summed E-state index contributed by atoms with van der Waals surface area (Å²) in [5.41, 5.74) is 0.338. The molecule has 1 heterocycles. The number of halogens is 1. The minimum atomic E-state index is -3.81. The Balaban J connectivity index is 2.11. The van der Waals surface area contributed by atoms with Crippen LogP contribution in [0.25, 0.3) is 0 Å². The minimum Gasteiger partial charge on any atom is -0.306 e. The number of nitrogens with zero attached hydrogens (tertiary/aromatic N) is 1. The first-order valence-corrected chi connectivity index (χ1v) is 8.55. The van der Waals surface area contributed by atoms with Gasteiger partial charge in [0.25, 0.3) is 10.0 Å². The monoisotopic (exact) mass is 356 g/mol. The Labute approximate surface area is 125 Å². The lowest BCUT2D eigenvalue weighted by Crippen LogP contribution is -2.50. The van der Waals surface area contributed by atoms with E-state index in [2.05, 4.69) is 21.2 Å². The van der Waals surface area contributed by atoms with Crippen LogP contribution >= 0.6 is 15.9 Å². The second kappa shape index (κ2) is 4.89. The Hall–Kier alpha value is -1.34. The number of allylic oxidation sites excluding steroid dienone is 1. The van der Waals surface area contributed by atoms with E-state index in [1.54, 1.807) is 18.2 Å². The minimum absolute atomic E-state index is 0.144. The zero-order valence-electron chi connectivity index (χ0n) is 10.5. The van der Waals surface area contributed by atoms with Crippen molar-refractivity contribution >= 4 is 37.7 Å². The van der Waals surface area contributed by atoms with Crippen LogP contribution in [0, 0.1) is 0 Å². The van der Waals surface area contributed by atoms with Crippen molar-refractivity contribution < 1.29 is 13.2 Å². The zero-order chi connectivity index (χ0) is 14.3. The van der Waals surface area contributed by atoms with Crippen molar-refractivity contribution in [1.29, 1.82) is 0 Å². The summed E-state index contributed by atoms with van der Waals surface area (Å²) in [6.45, 7) is 0. The summed E-state index contributed by atoms with van der Waals surface area (Å²) < 4.78 is 27.1. The molecule has 0 aromatic heterocycles. The maximum atomic E-state index is 12.7. The van der Waals surface area contributed by atoms with Gasteiger partial charge in [0.15, 0.2) is 0 Å². The molecule has 1 unspecified atom stereocenters. The fraction of sp³-hybridized carbons (Fsp3) is 0.308. The van der Waals surface area contributed by atoms with Crippen molar-refractivity contribution in [2.24, 2.45) is 0 Å². The highest BCUT2D eigenvalue weighted by Crippen LogP contribution is 2.36. The summed E-state index contributed by atoms with van der Waals surface area (Å²) in [6.07, 6.45) is 4.31. The van der Waals surface area contributed by atoms with E-state index in [4.69, 9.17) is 0 Å². The van der Waals surface area contributed by atoms with Crippen LogP contribution in [-0.4, -0.2) is 24.8 Å². The molecule has 7 heteroatoms.